The molecule has 0 spiro atoms. The minimum atomic E-state index is -0.513. The van der Waals surface area contributed by atoms with Gasteiger partial charge in [-0.15, -0.1) is 0 Å². The Balaban J connectivity index is 2.31. The van der Waals surface area contributed by atoms with Gasteiger partial charge in [-0.25, -0.2) is 0 Å². The van der Waals surface area contributed by atoms with Crippen LogP contribution in [-0.4, -0.2) is 43.6 Å². The molecule has 1 saturated carbocycles. The molecule has 0 radical (unpaired) electrons. The average Bonchev–Trinajstić information content (AvgIpc) is 2.37. The average molecular weight is 258 g/mol. The first-order valence-electron chi connectivity index (χ1n) is 7.24. The van der Waals surface area contributed by atoms with Gasteiger partial charge in [0.1, 0.15) is 0 Å². The van der Waals surface area contributed by atoms with Crippen molar-refractivity contribution in [1.82, 2.24) is 5.32 Å². The Morgan fingerprint density at radius 2 is 2.11 bits per heavy atom. The lowest BCUT2D eigenvalue weighted by molar-refractivity contribution is -0.0105. The zero-order valence-corrected chi connectivity index (χ0v) is 12.0. The van der Waals surface area contributed by atoms with Crippen LogP contribution < -0.4 is 11.1 Å². The molecule has 1 fully saturated rings. The summed E-state index contributed by atoms with van der Waals surface area (Å²) in [4.78, 5) is 0. The number of nitrogens with one attached hydrogen (secondary N) is 1. The van der Waals surface area contributed by atoms with Crippen LogP contribution in [0.4, 0.5) is 0 Å². The maximum Gasteiger partial charge on any atom is 0.0771 e. The Morgan fingerprint density at radius 1 is 1.44 bits per heavy atom. The second kappa shape index (κ2) is 8.10. The molecule has 1 rings (SSSR count). The summed E-state index contributed by atoms with van der Waals surface area (Å²) in [6.45, 7) is 4.34. The van der Waals surface area contributed by atoms with Crippen molar-refractivity contribution in [3.8, 4) is 0 Å². The molecule has 18 heavy (non-hydrogen) atoms. The SMILES string of the molecule is COCC(CCCN)NCC1(O)CCC(C)CC1. The molecule has 1 atom stereocenters. The van der Waals surface area contributed by atoms with Gasteiger partial charge in [-0.1, -0.05) is 6.92 Å². The van der Waals surface area contributed by atoms with Crippen LogP contribution >= 0.6 is 0 Å². The Bertz CT molecular complexity index is 216. The van der Waals surface area contributed by atoms with Crippen molar-refractivity contribution < 1.29 is 9.84 Å². The number of hydrogen-bond donors (Lipinski definition) is 3. The Labute approximate surface area is 111 Å². The van der Waals surface area contributed by atoms with Crippen LogP contribution in [0.2, 0.25) is 0 Å². The summed E-state index contributed by atoms with van der Waals surface area (Å²) >= 11 is 0. The third kappa shape index (κ3) is 5.65. The van der Waals surface area contributed by atoms with Gasteiger partial charge in [-0.05, 0) is 51.0 Å². The molecule has 0 heterocycles. The molecule has 0 bridgehead atoms. The number of nitrogens with two attached hydrogens (primary N) is 1. The molecule has 0 aliphatic heterocycles. The highest BCUT2D eigenvalue weighted by Crippen LogP contribution is 2.31. The quantitative estimate of drug-likeness (QED) is 0.613. The van der Waals surface area contributed by atoms with Gasteiger partial charge >= 0.3 is 0 Å². The van der Waals surface area contributed by atoms with E-state index in [2.05, 4.69) is 12.2 Å². The normalized spacial score (nSPS) is 30.3. The van der Waals surface area contributed by atoms with E-state index < -0.39 is 5.60 Å². The third-order valence-corrected chi connectivity index (χ3v) is 4.05. The summed E-state index contributed by atoms with van der Waals surface area (Å²) in [5.41, 5.74) is 5.02. The minimum absolute atomic E-state index is 0.307. The molecular formula is C14H30N2O2. The maximum absolute atomic E-state index is 10.5. The van der Waals surface area contributed by atoms with Crippen molar-refractivity contribution in [2.24, 2.45) is 11.7 Å². The van der Waals surface area contributed by atoms with E-state index in [4.69, 9.17) is 10.5 Å². The summed E-state index contributed by atoms with van der Waals surface area (Å²) in [5, 5.41) is 14.0. The molecule has 0 amide bonds. The van der Waals surface area contributed by atoms with Gasteiger partial charge in [-0.2, -0.15) is 0 Å². The van der Waals surface area contributed by atoms with Crippen LogP contribution in [0.3, 0.4) is 0 Å². The van der Waals surface area contributed by atoms with Crippen molar-refractivity contribution in [2.45, 2.75) is 57.1 Å². The number of ether oxygens (including phenoxy) is 1. The van der Waals surface area contributed by atoms with Gasteiger partial charge in [0, 0.05) is 19.7 Å². The van der Waals surface area contributed by atoms with Crippen LogP contribution in [0.25, 0.3) is 0 Å². The summed E-state index contributed by atoms with van der Waals surface area (Å²) in [7, 11) is 1.72. The van der Waals surface area contributed by atoms with Crippen LogP contribution in [0.1, 0.15) is 45.4 Å². The highest BCUT2D eigenvalue weighted by atomic mass is 16.5. The van der Waals surface area contributed by atoms with E-state index in [-0.39, 0.29) is 0 Å². The van der Waals surface area contributed by atoms with Crippen molar-refractivity contribution >= 4 is 0 Å². The van der Waals surface area contributed by atoms with Crippen molar-refractivity contribution in [3.05, 3.63) is 0 Å². The van der Waals surface area contributed by atoms with Crippen LogP contribution in [-0.2, 0) is 4.74 Å². The summed E-state index contributed by atoms with van der Waals surface area (Å²) < 4.78 is 5.21. The van der Waals surface area contributed by atoms with Crippen molar-refractivity contribution in [1.29, 1.82) is 0 Å². The van der Waals surface area contributed by atoms with E-state index in [1.165, 1.54) is 0 Å². The predicted molar refractivity (Wildman–Crippen MR) is 74.5 cm³/mol. The first-order valence-corrected chi connectivity index (χ1v) is 7.24. The molecule has 4 heteroatoms. The molecule has 0 saturated heterocycles. The van der Waals surface area contributed by atoms with Crippen LogP contribution in [0, 0.1) is 5.92 Å². The van der Waals surface area contributed by atoms with Crippen LogP contribution in [0.15, 0.2) is 0 Å². The number of methoxy groups -OCH3 is 1. The first kappa shape index (κ1) is 15.9. The lowest BCUT2D eigenvalue weighted by Crippen LogP contribution is -2.47. The van der Waals surface area contributed by atoms with Gasteiger partial charge in [0.25, 0.3) is 0 Å². The van der Waals surface area contributed by atoms with Crippen molar-refractivity contribution in [3.63, 3.8) is 0 Å². The third-order valence-electron chi connectivity index (χ3n) is 4.05. The molecular weight excluding hydrogens is 228 g/mol. The van der Waals surface area contributed by atoms with E-state index in [9.17, 15) is 5.11 Å². The molecule has 0 aromatic heterocycles. The molecule has 4 N–H and O–H groups in total. The van der Waals surface area contributed by atoms with E-state index in [0.717, 1.165) is 44.4 Å². The Hall–Kier alpha value is -0.160. The second-order valence-corrected chi connectivity index (χ2v) is 5.87. The second-order valence-electron chi connectivity index (χ2n) is 5.87. The summed E-state index contributed by atoms with van der Waals surface area (Å²) in [6, 6.07) is 0.307. The fourth-order valence-electron chi connectivity index (χ4n) is 2.62. The van der Waals surface area contributed by atoms with Gasteiger partial charge in [-0.3, -0.25) is 0 Å². The summed E-state index contributed by atoms with van der Waals surface area (Å²) in [5.74, 6) is 0.761. The summed E-state index contributed by atoms with van der Waals surface area (Å²) in [6.07, 6.45) is 6.11. The maximum atomic E-state index is 10.5. The van der Waals surface area contributed by atoms with E-state index in [0.29, 0.717) is 25.7 Å². The topological polar surface area (TPSA) is 67.5 Å². The monoisotopic (exact) mass is 258 g/mol. The van der Waals surface area contributed by atoms with Gasteiger partial charge in [0.15, 0.2) is 0 Å². The Kier molecular flexibility index (Phi) is 7.15. The predicted octanol–water partition coefficient (Wildman–Crippen LogP) is 1.27. The molecule has 1 unspecified atom stereocenters. The lowest BCUT2D eigenvalue weighted by Gasteiger charge is -2.36. The smallest absolute Gasteiger partial charge is 0.0771 e. The lowest BCUT2D eigenvalue weighted by atomic mass is 9.79. The molecule has 0 aromatic carbocycles. The molecule has 0 aromatic rings. The van der Waals surface area contributed by atoms with Gasteiger partial charge in [0.05, 0.1) is 12.2 Å². The molecule has 108 valence electrons. The van der Waals surface area contributed by atoms with Gasteiger partial charge < -0.3 is 20.9 Å². The fraction of sp³-hybridized carbons (Fsp3) is 1.00. The highest BCUT2D eigenvalue weighted by Gasteiger charge is 2.31. The largest absolute Gasteiger partial charge is 0.389 e. The van der Waals surface area contributed by atoms with E-state index in [1.54, 1.807) is 7.11 Å². The number of hydrogen-bond acceptors (Lipinski definition) is 4. The first-order chi connectivity index (χ1) is 8.59. The van der Waals surface area contributed by atoms with E-state index in [1.807, 2.05) is 0 Å². The van der Waals surface area contributed by atoms with E-state index >= 15 is 0 Å². The fourth-order valence-corrected chi connectivity index (χ4v) is 2.62. The van der Waals surface area contributed by atoms with Crippen LogP contribution in [0.5, 0.6) is 0 Å². The molecule has 1 aliphatic carbocycles. The van der Waals surface area contributed by atoms with Crippen molar-refractivity contribution in [2.75, 3.05) is 26.8 Å². The standard InChI is InChI=1S/C14H30N2O2/c1-12-5-7-14(17,8-6-12)11-16-13(10-18-2)4-3-9-15/h12-13,16-17H,3-11,15H2,1-2H3. The van der Waals surface area contributed by atoms with Gasteiger partial charge in [0.2, 0.25) is 0 Å². The number of rotatable bonds is 8. The minimum Gasteiger partial charge on any atom is -0.389 e. The zero-order valence-electron chi connectivity index (χ0n) is 12.0. The number of aliphatic hydroxyl groups is 1. The highest BCUT2D eigenvalue weighted by molar-refractivity contribution is 4.87. The Morgan fingerprint density at radius 3 is 2.67 bits per heavy atom. The zero-order chi connectivity index (χ0) is 13.4. The molecule has 1 aliphatic rings. The molecule has 4 nitrogen and oxygen atoms in total.